The molecule has 2 nitrogen and oxygen atoms in total. The number of nitrogens with one attached hydrogen (secondary N) is 1. The molecule has 1 aromatic heterocycles. The SMILES string of the molecule is CC(N[C@H](C)c1cccc(F)c1)c1cc2ccccc2o1. The first kappa shape index (κ1) is 13.8. The highest BCUT2D eigenvalue weighted by Crippen LogP contribution is 2.25. The number of benzene rings is 2. The lowest BCUT2D eigenvalue weighted by Crippen LogP contribution is -2.22. The fourth-order valence-corrected chi connectivity index (χ4v) is 2.55. The van der Waals surface area contributed by atoms with Crippen LogP contribution in [0.3, 0.4) is 0 Å². The van der Waals surface area contributed by atoms with Crippen molar-refractivity contribution in [2.75, 3.05) is 0 Å². The molecule has 3 heteroatoms. The average Bonchev–Trinajstić information content (AvgIpc) is 2.91. The molecule has 3 aromatic rings. The Morgan fingerprint density at radius 2 is 1.76 bits per heavy atom. The molecule has 1 N–H and O–H groups in total. The van der Waals surface area contributed by atoms with E-state index in [4.69, 9.17) is 4.42 Å². The van der Waals surface area contributed by atoms with Gasteiger partial charge in [-0.15, -0.1) is 0 Å². The number of hydrogen-bond acceptors (Lipinski definition) is 2. The average molecular weight is 283 g/mol. The van der Waals surface area contributed by atoms with Crippen LogP contribution >= 0.6 is 0 Å². The Labute approximate surface area is 123 Å². The summed E-state index contributed by atoms with van der Waals surface area (Å²) in [6.07, 6.45) is 0. The number of furan rings is 1. The van der Waals surface area contributed by atoms with Gasteiger partial charge in [0.25, 0.3) is 0 Å². The third kappa shape index (κ3) is 2.98. The second kappa shape index (κ2) is 5.70. The van der Waals surface area contributed by atoms with E-state index in [0.29, 0.717) is 0 Å². The summed E-state index contributed by atoms with van der Waals surface area (Å²) in [5, 5.41) is 4.54. The van der Waals surface area contributed by atoms with Crippen LogP contribution in [-0.4, -0.2) is 0 Å². The van der Waals surface area contributed by atoms with E-state index in [9.17, 15) is 4.39 Å². The second-order valence-corrected chi connectivity index (χ2v) is 5.35. The smallest absolute Gasteiger partial charge is 0.134 e. The lowest BCUT2D eigenvalue weighted by molar-refractivity contribution is 0.416. The van der Waals surface area contributed by atoms with E-state index in [0.717, 1.165) is 22.3 Å². The lowest BCUT2D eigenvalue weighted by Gasteiger charge is -2.18. The lowest BCUT2D eigenvalue weighted by atomic mass is 10.1. The predicted octanol–water partition coefficient (Wildman–Crippen LogP) is 4.98. The molecule has 2 atom stereocenters. The Hall–Kier alpha value is -2.13. The Balaban J connectivity index is 1.77. The maximum atomic E-state index is 13.3. The molecule has 2 aromatic carbocycles. The number of rotatable bonds is 4. The Morgan fingerprint density at radius 1 is 0.952 bits per heavy atom. The highest BCUT2D eigenvalue weighted by atomic mass is 19.1. The van der Waals surface area contributed by atoms with Crippen molar-refractivity contribution in [1.29, 1.82) is 0 Å². The third-order valence-corrected chi connectivity index (χ3v) is 3.72. The Morgan fingerprint density at radius 3 is 2.52 bits per heavy atom. The number of halogens is 1. The molecule has 0 saturated heterocycles. The van der Waals surface area contributed by atoms with Gasteiger partial charge in [0, 0.05) is 11.4 Å². The zero-order valence-electron chi connectivity index (χ0n) is 12.1. The number of para-hydroxylation sites is 1. The van der Waals surface area contributed by atoms with Crippen molar-refractivity contribution in [3.8, 4) is 0 Å². The van der Waals surface area contributed by atoms with Gasteiger partial charge in [0.2, 0.25) is 0 Å². The van der Waals surface area contributed by atoms with Crippen LogP contribution in [0.15, 0.2) is 59.0 Å². The van der Waals surface area contributed by atoms with Crippen LogP contribution in [0.1, 0.15) is 37.3 Å². The topological polar surface area (TPSA) is 25.2 Å². The highest BCUT2D eigenvalue weighted by molar-refractivity contribution is 5.77. The molecule has 0 aliphatic carbocycles. The van der Waals surface area contributed by atoms with Crippen LogP contribution in [0.25, 0.3) is 11.0 Å². The summed E-state index contributed by atoms with van der Waals surface area (Å²) in [6, 6.07) is 16.8. The fraction of sp³-hybridized carbons (Fsp3) is 0.222. The molecule has 1 heterocycles. The second-order valence-electron chi connectivity index (χ2n) is 5.35. The van der Waals surface area contributed by atoms with Gasteiger partial charge in [-0.25, -0.2) is 4.39 Å². The van der Waals surface area contributed by atoms with Gasteiger partial charge < -0.3 is 9.73 Å². The number of hydrogen-bond donors (Lipinski definition) is 1. The van der Waals surface area contributed by atoms with E-state index >= 15 is 0 Å². The summed E-state index contributed by atoms with van der Waals surface area (Å²) in [4.78, 5) is 0. The predicted molar refractivity (Wildman–Crippen MR) is 82.6 cm³/mol. The first-order chi connectivity index (χ1) is 10.1. The van der Waals surface area contributed by atoms with Crippen molar-refractivity contribution in [2.45, 2.75) is 25.9 Å². The van der Waals surface area contributed by atoms with Crippen LogP contribution in [0, 0.1) is 5.82 Å². The Bertz CT molecular complexity index is 717. The van der Waals surface area contributed by atoms with Crippen LogP contribution < -0.4 is 5.32 Å². The summed E-state index contributed by atoms with van der Waals surface area (Å²) in [5.41, 5.74) is 1.82. The van der Waals surface area contributed by atoms with E-state index in [2.05, 4.69) is 5.32 Å². The molecule has 0 amide bonds. The van der Waals surface area contributed by atoms with Crippen LogP contribution in [-0.2, 0) is 0 Å². The van der Waals surface area contributed by atoms with Gasteiger partial charge in [0.05, 0.1) is 6.04 Å². The molecule has 0 aliphatic heterocycles. The van der Waals surface area contributed by atoms with Gasteiger partial charge in [0.15, 0.2) is 0 Å². The number of fused-ring (bicyclic) bond motifs is 1. The van der Waals surface area contributed by atoms with Crippen molar-refractivity contribution in [3.05, 3.63) is 71.7 Å². The van der Waals surface area contributed by atoms with Crippen molar-refractivity contribution in [2.24, 2.45) is 0 Å². The largest absolute Gasteiger partial charge is 0.459 e. The normalized spacial score (nSPS) is 14.2. The minimum atomic E-state index is -0.211. The summed E-state index contributed by atoms with van der Waals surface area (Å²) in [5.74, 6) is 0.678. The van der Waals surface area contributed by atoms with Crippen molar-refractivity contribution >= 4 is 11.0 Å². The molecule has 108 valence electrons. The van der Waals surface area contributed by atoms with Crippen LogP contribution in [0.4, 0.5) is 4.39 Å². The van der Waals surface area contributed by atoms with Crippen LogP contribution in [0.5, 0.6) is 0 Å². The minimum absolute atomic E-state index is 0.0453. The molecule has 21 heavy (non-hydrogen) atoms. The summed E-state index contributed by atoms with van der Waals surface area (Å²) >= 11 is 0. The van der Waals surface area contributed by atoms with E-state index in [1.54, 1.807) is 12.1 Å². The van der Waals surface area contributed by atoms with Crippen LogP contribution in [0.2, 0.25) is 0 Å². The monoisotopic (exact) mass is 283 g/mol. The maximum Gasteiger partial charge on any atom is 0.134 e. The molecule has 0 radical (unpaired) electrons. The van der Waals surface area contributed by atoms with E-state index in [-0.39, 0.29) is 17.9 Å². The highest BCUT2D eigenvalue weighted by Gasteiger charge is 2.15. The van der Waals surface area contributed by atoms with Gasteiger partial charge in [-0.2, -0.15) is 0 Å². The Kier molecular flexibility index (Phi) is 3.76. The van der Waals surface area contributed by atoms with Gasteiger partial charge in [-0.1, -0.05) is 30.3 Å². The van der Waals surface area contributed by atoms with Gasteiger partial charge in [-0.05, 0) is 43.7 Å². The summed E-state index contributed by atoms with van der Waals surface area (Å²) < 4.78 is 19.1. The summed E-state index contributed by atoms with van der Waals surface area (Å²) in [6.45, 7) is 4.07. The third-order valence-electron chi connectivity index (χ3n) is 3.72. The summed E-state index contributed by atoms with van der Waals surface area (Å²) in [7, 11) is 0. The van der Waals surface area contributed by atoms with Crippen molar-refractivity contribution in [1.82, 2.24) is 5.32 Å². The van der Waals surface area contributed by atoms with Gasteiger partial charge in [-0.3, -0.25) is 0 Å². The first-order valence-corrected chi connectivity index (χ1v) is 7.13. The molecule has 0 saturated carbocycles. The first-order valence-electron chi connectivity index (χ1n) is 7.13. The van der Waals surface area contributed by atoms with E-state index in [1.165, 1.54) is 6.07 Å². The van der Waals surface area contributed by atoms with Gasteiger partial charge in [0.1, 0.15) is 17.2 Å². The standard InChI is InChI=1S/C18H18FNO/c1-12(14-7-5-8-16(19)10-14)20-13(2)18-11-15-6-3-4-9-17(15)21-18/h3-13,20H,1-2H3/t12-,13?/m1/s1. The van der Waals surface area contributed by atoms with Gasteiger partial charge >= 0.3 is 0 Å². The fourth-order valence-electron chi connectivity index (χ4n) is 2.55. The molecule has 0 aliphatic rings. The molecule has 0 fully saturated rings. The maximum absolute atomic E-state index is 13.3. The zero-order valence-corrected chi connectivity index (χ0v) is 12.1. The van der Waals surface area contributed by atoms with E-state index < -0.39 is 0 Å². The van der Waals surface area contributed by atoms with E-state index in [1.807, 2.05) is 50.2 Å². The molecule has 0 bridgehead atoms. The molecular formula is C18H18FNO. The minimum Gasteiger partial charge on any atom is -0.459 e. The molecular weight excluding hydrogens is 265 g/mol. The van der Waals surface area contributed by atoms with Crippen molar-refractivity contribution in [3.63, 3.8) is 0 Å². The zero-order chi connectivity index (χ0) is 14.8. The quantitative estimate of drug-likeness (QED) is 0.730. The molecule has 0 spiro atoms. The molecule has 3 rings (SSSR count). The van der Waals surface area contributed by atoms with Crippen molar-refractivity contribution < 1.29 is 8.81 Å². The molecule has 1 unspecified atom stereocenters.